The van der Waals surface area contributed by atoms with Crippen LogP contribution in [-0.4, -0.2) is 22.2 Å². The molecule has 4 nitrogen and oxygen atoms in total. The number of benzene rings is 1. The second kappa shape index (κ2) is 6.77. The van der Waals surface area contributed by atoms with Gasteiger partial charge in [-0.25, -0.2) is 4.98 Å². The molecule has 0 radical (unpaired) electrons. The number of imidazole rings is 1. The van der Waals surface area contributed by atoms with Crippen molar-refractivity contribution >= 4 is 11.6 Å². The minimum atomic E-state index is 0.0480. The SMILES string of the molecule is CC(N)Cc1c(Cl)cccc1OCCc1nccn1C. The highest BCUT2D eigenvalue weighted by atomic mass is 35.5. The van der Waals surface area contributed by atoms with E-state index in [9.17, 15) is 0 Å². The van der Waals surface area contributed by atoms with Crippen molar-refractivity contribution in [2.24, 2.45) is 12.8 Å². The molecule has 2 rings (SSSR count). The number of ether oxygens (including phenoxy) is 1. The van der Waals surface area contributed by atoms with Crippen LogP contribution in [0.15, 0.2) is 30.6 Å². The fourth-order valence-corrected chi connectivity index (χ4v) is 2.33. The van der Waals surface area contributed by atoms with E-state index in [0.717, 1.165) is 23.6 Å². The Morgan fingerprint density at radius 1 is 1.45 bits per heavy atom. The second-order valence-electron chi connectivity index (χ2n) is 4.95. The number of halogens is 1. The second-order valence-corrected chi connectivity index (χ2v) is 5.36. The fourth-order valence-electron chi connectivity index (χ4n) is 2.08. The summed E-state index contributed by atoms with van der Waals surface area (Å²) in [7, 11) is 1.98. The summed E-state index contributed by atoms with van der Waals surface area (Å²) in [5.74, 6) is 1.81. The van der Waals surface area contributed by atoms with Gasteiger partial charge in [-0.15, -0.1) is 0 Å². The van der Waals surface area contributed by atoms with E-state index in [1.165, 1.54) is 0 Å². The minimum absolute atomic E-state index is 0.0480. The van der Waals surface area contributed by atoms with Crippen molar-refractivity contribution < 1.29 is 4.74 Å². The van der Waals surface area contributed by atoms with Crippen LogP contribution >= 0.6 is 11.6 Å². The molecule has 0 saturated carbocycles. The third kappa shape index (κ3) is 3.74. The minimum Gasteiger partial charge on any atom is -0.493 e. The van der Waals surface area contributed by atoms with Gasteiger partial charge in [0.05, 0.1) is 6.61 Å². The standard InChI is InChI=1S/C15H20ClN3O/c1-11(17)10-12-13(16)4-3-5-14(12)20-9-6-15-18-7-8-19(15)2/h3-5,7-8,11H,6,9-10,17H2,1-2H3. The molecule has 108 valence electrons. The molecule has 0 aliphatic heterocycles. The van der Waals surface area contributed by atoms with Crippen molar-refractivity contribution in [2.45, 2.75) is 25.8 Å². The Labute approximate surface area is 124 Å². The summed E-state index contributed by atoms with van der Waals surface area (Å²) in [6.45, 7) is 2.53. The summed E-state index contributed by atoms with van der Waals surface area (Å²) in [5.41, 5.74) is 6.84. The maximum absolute atomic E-state index is 6.23. The number of aryl methyl sites for hydroxylation is 1. The van der Waals surface area contributed by atoms with Crippen molar-refractivity contribution in [1.82, 2.24) is 9.55 Å². The Morgan fingerprint density at radius 3 is 2.90 bits per heavy atom. The first kappa shape index (κ1) is 14.9. The molecule has 20 heavy (non-hydrogen) atoms. The predicted molar refractivity (Wildman–Crippen MR) is 81.2 cm³/mol. The van der Waals surface area contributed by atoms with Crippen LogP contribution in [0.5, 0.6) is 5.75 Å². The number of rotatable bonds is 6. The van der Waals surface area contributed by atoms with Gasteiger partial charge in [0.1, 0.15) is 11.6 Å². The molecule has 0 saturated heterocycles. The van der Waals surface area contributed by atoms with Crippen LogP contribution in [0.1, 0.15) is 18.3 Å². The Bertz CT molecular complexity index is 566. The first-order chi connectivity index (χ1) is 9.58. The van der Waals surface area contributed by atoms with Gasteiger partial charge in [0.25, 0.3) is 0 Å². The zero-order valence-electron chi connectivity index (χ0n) is 11.8. The van der Waals surface area contributed by atoms with Crippen LogP contribution in [0.4, 0.5) is 0 Å². The normalized spacial score (nSPS) is 12.4. The van der Waals surface area contributed by atoms with Crippen molar-refractivity contribution in [3.05, 3.63) is 47.0 Å². The average molecular weight is 294 g/mol. The Kier molecular flexibility index (Phi) is 5.04. The van der Waals surface area contributed by atoms with Crippen LogP contribution in [0, 0.1) is 0 Å². The van der Waals surface area contributed by atoms with E-state index in [1.807, 2.05) is 42.9 Å². The monoisotopic (exact) mass is 293 g/mol. The Morgan fingerprint density at radius 2 is 2.25 bits per heavy atom. The molecule has 5 heteroatoms. The molecule has 1 aromatic heterocycles. The molecule has 1 unspecified atom stereocenters. The zero-order valence-corrected chi connectivity index (χ0v) is 12.6. The number of nitrogens with zero attached hydrogens (tertiary/aromatic N) is 2. The lowest BCUT2D eigenvalue weighted by molar-refractivity contribution is 0.313. The molecular formula is C15H20ClN3O. The summed E-state index contributed by atoms with van der Waals surface area (Å²) in [6, 6.07) is 5.74. The lowest BCUT2D eigenvalue weighted by atomic mass is 10.1. The van der Waals surface area contributed by atoms with Gasteiger partial charge in [0.15, 0.2) is 0 Å². The van der Waals surface area contributed by atoms with Gasteiger partial charge in [-0.05, 0) is 25.5 Å². The molecule has 0 fully saturated rings. The molecular weight excluding hydrogens is 274 g/mol. The molecule has 2 aromatic rings. The summed E-state index contributed by atoms with van der Waals surface area (Å²) in [6.07, 6.45) is 5.18. The van der Waals surface area contributed by atoms with Crippen LogP contribution in [0.2, 0.25) is 5.02 Å². The van der Waals surface area contributed by atoms with Crippen molar-refractivity contribution in [3.8, 4) is 5.75 Å². The highest BCUT2D eigenvalue weighted by molar-refractivity contribution is 6.31. The van der Waals surface area contributed by atoms with Gasteiger partial charge in [-0.2, -0.15) is 0 Å². The first-order valence-electron chi connectivity index (χ1n) is 6.70. The molecule has 2 N–H and O–H groups in total. The highest BCUT2D eigenvalue weighted by Gasteiger charge is 2.10. The number of hydrogen-bond donors (Lipinski definition) is 1. The molecule has 1 aromatic carbocycles. The average Bonchev–Trinajstić information content (AvgIpc) is 2.79. The van der Waals surface area contributed by atoms with E-state index in [4.69, 9.17) is 22.1 Å². The van der Waals surface area contributed by atoms with Gasteiger partial charge >= 0.3 is 0 Å². The van der Waals surface area contributed by atoms with Crippen molar-refractivity contribution in [2.75, 3.05) is 6.61 Å². The van der Waals surface area contributed by atoms with Gasteiger partial charge < -0.3 is 15.0 Å². The summed E-state index contributed by atoms with van der Waals surface area (Å²) >= 11 is 6.23. The maximum Gasteiger partial charge on any atom is 0.124 e. The van der Waals surface area contributed by atoms with Gasteiger partial charge in [0, 0.05) is 42.5 Å². The lowest BCUT2D eigenvalue weighted by Gasteiger charge is -2.14. The maximum atomic E-state index is 6.23. The number of nitrogens with two attached hydrogens (primary N) is 1. The van der Waals surface area contributed by atoms with E-state index in [2.05, 4.69) is 4.98 Å². The molecule has 0 spiro atoms. The van der Waals surface area contributed by atoms with E-state index in [1.54, 1.807) is 6.20 Å². The van der Waals surface area contributed by atoms with Gasteiger partial charge in [-0.3, -0.25) is 0 Å². The summed E-state index contributed by atoms with van der Waals surface area (Å²) in [5, 5.41) is 0.705. The van der Waals surface area contributed by atoms with E-state index < -0.39 is 0 Å². The largest absolute Gasteiger partial charge is 0.493 e. The van der Waals surface area contributed by atoms with E-state index >= 15 is 0 Å². The predicted octanol–water partition coefficient (Wildman–Crippen LogP) is 2.58. The van der Waals surface area contributed by atoms with Crippen LogP contribution < -0.4 is 10.5 Å². The Hall–Kier alpha value is -1.52. The lowest BCUT2D eigenvalue weighted by Crippen LogP contribution is -2.19. The van der Waals surface area contributed by atoms with Gasteiger partial charge in [0.2, 0.25) is 0 Å². The molecule has 1 atom stereocenters. The molecule has 0 aliphatic rings. The Balaban J connectivity index is 2.02. The van der Waals surface area contributed by atoms with Crippen LogP contribution in [0.3, 0.4) is 0 Å². The summed E-state index contributed by atoms with van der Waals surface area (Å²) in [4.78, 5) is 4.27. The summed E-state index contributed by atoms with van der Waals surface area (Å²) < 4.78 is 7.84. The first-order valence-corrected chi connectivity index (χ1v) is 7.07. The fraction of sp³-hybridized carbons (Fsp3) is 0.400. The van der Waals surface area contributed by atoms with Crippen molar-refractivity contribution in [1.29, 1.82) is 0 Å². The van der Waals surface area contributed by atoms with Crippen LogP contribution in [-0.2, 0) is 19.9 Å². The smallest absolute Gasteiger partial charge is 0.124 e. The topological polar surface area (TPSA) is 53.1 Å². The quantitative estimate of drug-likeness (QED) is 0.890. The van der Waals surface area contributed by atoms with Gasteiger partial charge in [-0.1, -0.05) is 17.7 Å². The van der Waals surface area contributed by atoms with E-state index in [0.29, 0.717) is 18.1 Å². The highest BCUT2D eigenvalue weighted by Crippen LogP contribution is 2.27. The third-order valence-corrected chi connectivity index (χ3v) is 3.46. The van der Waals surface area contributed by atoms with E-state index in [-0.39, 0.29) is 6.04 Å². The van der Waals surface area contributed by atoms with Crippen molar-refractivity contribution in [3.63, 3.8) is 0 Å². The van der Waals surface area contributed by atoms with Crippen LogP contribution in [0.25, 0.3) is 0 Å². The molecule has 1 heterocycles. The molecule has 0 aliphatic carbocycles. The number of aromatic nitrogens is 2. The zero-order chi connectivity index (χ0) is 14.5. The molecule has 0 bridgehead atoms. The molecule has 0 amide bonds. The number of hydrogen-bond acceptors (Lipinski definition) is 3. The third-order valence-electron chi connectivity index (χ3n) is 3.11.